The lowest BCUT2D eigenvalue weighted by molar-refractivity contribution is -0.114. The summed E-state index contributed by atoms with van der Waals surface area (Å²) in [6.07, 6.45) is 0.574. The molecule has 2 N–H and O–H groups in total. The van der Waals surface area contributed by atoms with Gasteiger partial charge in [-0.25, -0.2) is 16.8 Å². The maximum absolute atomic E-state index is 13.6. The van der Waals surface area contributed by atoms with Crippen LogP contribution in [-0.2, 0) is 31.3 Å². The van der Waals surface area contributed by atoms with E-state index in [1.807, 2.05) is 45.0 Å². The maximum Gasteiger partial charge on any atom is 0.264 e. The molecule has 0 spiro atoms. The van der Waals surface area contributed by atoms with Crippen molar-refractivity contribution in [2.75, 3.05) is 20.9 Å². The Morgan fingerprint density at radius 3 is 2.10 bits per heavy atom. The molecular formula is C30H31N3O5S2. The van der Waals surface area contributed by atoms with Crippen LogP contribution in [0.1, 0.15) is 23.6 Å². The molecule has 0 fully saturated rings. The Hall–Kier alpha value is -4.15. The number of nitrogens with zero attached hydrogens (tertiary/aromatic N) is 1. The Bertz CT molecular complexity index is 1720. The molecule has 0 aliphatic heterocycles. The first kappa shape index (κ1) is 28.8. The molecule has 0 unspecified atom stereocenters. The molecule has 0 bridgehead atoms. The van der Waals surface area contributed by atoms with Crippen molar-refractivity contribution in [3.05, 3.63) is 114 Å². The van der Waals surface area contributed by atoms with Crippen molar-refractivity contribution in [3.8, 4) is 0 Å². The first-order valence-corrected chi connectivity index (χ1v) is 15.6. The summed E-state index contributed by atoms with van der Waals surface area (Å²) in [5, 5.41) is 2.69. The number of hydrogen-bond acceptors (Lipinski definition) is 5. The van der Waals surface area contributed by atoms with Gasteiger partial charge in [-0.2, -0.15) is 0 Å². The van der Waals surface area contributed by atoms with E-state index in [2.05, 4.69) is 10.0 Å². The van der Waals surface area contributed by atoms with E-state index in [4.69, 9.17) is 0 Å². The number of anilines is 3. The molecule has 208 valence electrons. The molecule has 4 aromatic carbocycles. The van der Waals surface area contributed by atoms with Crippen LogP contribution < -0.4 is 14.3 Å². The van der Waals surface area contributed by atoms with Crippen LogP contribution in [0.2, 0.25) is 0 Å². The van der Waals surface area contributed by atoms with Gasteiger partial charge in [-0.05, 0) is 85.5 Å². The fourth-order valence-electron chi connectivity index (χ4n) is 4.17. The highest BCUT2D eigenvalue weighted by atomic mass is 32.2. The molecule has 0 aromatic heterocycles. The lowest BCUT2D eigenvalue weighted by Gasteiger charge is -2.26. The average molecular weight is 578 g/mol. The Balaban J connectivity index is 1.55. The zero-order chi connectivity index (χ0) is 28.9. The summed E-state index contributed by atoms with van der Waals surface area (Å²) in [5.41, 5.74) is 3.73. The number of sulfonamides is 2. The van der Waals surface area contributed by atoms with Gasteiger partial charge in [-0.1, -0.05) is 55.5 Å². The second-order valence-corrected chi connectivity index (χ2v) is 12.8. The number of rotatable bonds is 10. The van der Waals surface area contributed by atoms with Gasteiger partial charge in [-0.3, -0.25) is 13.8 Å². The molecule has 40 heavy (non-hydrogen) atoms. The van der Waals surface area contributed by atoms with Crippen LogP contribution in [0.25, 0.3) is 0 Å². The van der Waals surface area contributed by atoms with Gasteiger partial charge in [0.2, 0.25) is 5.91 Å². The average Bonchev–Trinajstić information content (AvgIpc) is 2.94. The van der Waals surface area contributed by atoms with E-state index < -0.39 is 32.5 Å². The van der Waals surface area contributed by atoms with E-state index in [1.54, 1.807) is 36.4 Å². The smallest absolute Gasteiger partial charge is 0.264 e. The van der Waals surface area contributed by atoms with Gasteiger partial charge in [0.1, 0.15) is 6.54 Å². The number of carbonyl (C=O) groups excluding carboxylic acids is 1. The van der Waals surface area contributed by atoms with Crippen LogP contribution in [0, 0.1) is 13.8 Å². The summed E-state index contributed by atoms with van der Waals surface area (Å²) in [5.74, 6) is -0.575. The molecule has 0 saturated carbocycles. The Morgan fingerprint density at radius 1 is 0.775 bits per heavy atom. The molecule has 4 aromatic rings. The zero-order valence-corrected chi connectivity index (χ0v) is 24.1. The van der Waals surface area contributed by atoms with Crippen LogP contribution in [0.5, 0.6) is 0 Å². The first-order chi connectivity index (χ1) is 19.0. The highest BCUT2D eigenvalue weighted by molar-refractivity contribution is 7.93. The minimum absolute atomic E-state index is 0.0246. The van der Waals surface area contributed by atoms with Gasteiger partial charge in [-0.15, -0.1) is 0 Å². The third-order valence-electron chi connectivity index (χ3n) is 6.35. The molecule has 10 heteroatoms. The molecule has 0 atom stereocenters. The van der Waals surface area contributed by atoms with Gasteiger partial charge < -0.3 is 5.32 Å². The van der Waals surface area contributed by atoms with Crippen molar-refractivity contribution in [1.82, 2.24) is 0 Å². The van der Waals surface area contributed by atoms with E-state index in [0.29, 0.717) is 23.5 Å². The van der Waals surface area contributed by atoms with Gasteiger partial charge in [0.15, 0.2) is 0 Å². The number of carbonyl (C=O) groups is 1. The second-order valence-electron chi connectivity index (χ2n) is 9.30. The van der Waals surface area contributed by atoms with Gasteiger partial charge in [0.25, 0.3) is 20.0 Å². The van der Waals surface area contributed by atoms with E-state index in [-0.39, 0.29) is 9.79 Å². The monoisotopic (exact) mass is 577 g/mol. The number of para-hydroxylation sites is 1. The summed E-state index contributed by atoms with van der Waals surface area (Å²) in [6.45, 7) is 5.14. The molecule has 0 aliphatic carbocycles. The van der Waals surface area contributed by atoms with Crippen molar-refractivity contribution < 1.29 is 21.6 Å². The molecule has 4 rings (SSSR count). The Labute approximate surface area is 235 Å². The fourth-order valence-corrected chi connectivity index (χ4v) is 6.77. The molecule has 8 nitrogen and oxygen atoms in total. The lowest BCUT2D eigenvalue weighted by atomic mass is 10.1. The lowest BCUT2D eigenvalue weighted by Crippen LogP contribution is -2.38. The van der Waals surface area contributed by atoms with Crippen molar-refractivity contribution in [2.45, 2.75) is 37.0 Å². The zero-order valence-electron chi connectivity index (χ0n) is 22.5. The van der Waals surface area contributed by atoms with Crippen molar-refractivity contribution in [3.63, 3.8) is 0 Å². The summed E-state index contributed by atoms with van der Waals surface area (Å²) in [6, 6.07) is 26.2. The summed E-state index contributed by atoms with van der Waals surface area (Å²) in [7, 11) is -7.91. The maximum atomic E-state index is 13.6. The van der Waals surface area contributed by atoms with Crippen LogP contribution >= 0.6 is 0 Å². The summed E-state index contributed by atoms with van der Waals surface area (Å²) in [4.78, 5) is 13.2. The highest BCUT2D eigenvalue weighted by Crippen LogP contribution is 2.28. The van der Waals surface area contributed by atoms with Crippen molar-refractivity contribution in [1.29, 1.82) is 0 Å². The molecule has 0 saturated heterocycles. The first-order valence-electron chi connectivity index (χ1n) is 12.7. The van der Waals surface area contributed by atoms with E-state index in [1.165, 1.54) is 36.4 Å². The highest BCUT2D eigenvalue weighted by Gasteiger charge is 2.28. The third-order valence-corrected chi connectivity index (χ3v) is 9.50. The van der Waals surface area contributed by atoms with Crippen LogP contribution in [-0.4, -0.2) is 29.3 Å². The quantitative estimate of drug-likeness (QED) is 0.258. The normalized spacial score (nSPS) is 11.6. The van der Waals surface area contributed by atoms with Crippen molar-refractivity contribution in [2.24, 2.45) is 0 Å². The SMILES string of the molecule is CCc1ccccc1N(CC(=O)Nc1ccc(S(=O)(=O)Nc2cc(C)ccc2C)cc1)S(=O)(=O)c1ccccc1. The minimum Gasteiger partial charge on any atom is -0.325 e. The Morgan fingerprint density at radius 2 is 1.43 bits per heavy atom. The molecule has 1 amide bonds. The molecular weight excluding hydrogens is 546 g/mol. The van der Waals surface area contributed by atoms with Crippen LogP contribution in [0.15, 0.2) is 107 Å². The fraction of sp³-hybridized carbons (Fsp3) is 0.167. The van der Waals surface area contributed by atoms with Gasteiger partial charge in [0, 0.05) is 5.69 Å². The van der Waals surface area contributed by atoms with Crippen LogP contribution in [0.3, 0.4) is 0 Å². The number of amides is 1. The standard InChI is InChI=1S/C30H31N3O5S2/c1-4-24-10-8-9-13-29(24)33(40(37,38)27-11-6-5-7-12-27)21-30(34)31-25-16-18-26(19-17-25)39(35,36)32-28-20-22(2)14-15-23(28)3/h5-20,32H,4,21H2,1-3H3,(H,31,34). The number of hydrogen-bond donors (Lipinski definition) is 2. The molecule has 0 heterocycles. The largest absolute Gasteiger partial charge is 0.325 e. The minimum atomic E-state index is -4.05. The topological polar surface area (TPSA) is 113 Å². The predicted octanol–water partition coefficient (Wildman–Crippen LogP) is 5.50. The third kappa shape index (κ3) is 6.52. The summed E-state index contributed by atoms with van der Waals surface area (Å²) >= 11 is 0. The predicted molar refractivity (Wildman–Crippen MR) is 159 cm³/mol. The van der Waals surface area contributed by atoms with Gasteiger partial charge in [0.05, 0.1) is 21.2 Å². The summed E-state index contributed by atoms with van der Waals surface area (Å²) < 4.78 is 56.8. The van der Waals surface area contributed by atoms with E-state index >= 15 is 0 Å². The Kier molecular flexibility index (Phi) is 8.61. The van der Waals surface area contributed by atoms with Crippen LogP contribution in [0.4, 0.5) is 17.1 Å². The van der Waals surface area contributed by atoms with Crippen molar-refractivity contribution >= 4 is 43.0 Å². The number of nitrogens with one attached hydrogen (secondary N) is 2. The van der Waals surface area contributed by atoms with Gasteiger partial charge >= 0.3 is 0 Å². The molecule has 0 aliphatic rings. The van der Waals surface area contributed by atoms with E-state index in [9.17, 15) is 21.6 Å². The second kappa shape index (κ2) is 11.9. The van der Waals surface area contributed by atoms with E-state index in [0.717, 1.165) is 21.0 Å². The molecule has 0 radical (unpaired) electrons. The number of benzene rings is 4. The number of aryl methyl sites for hydroxylation is 3.